The van der Waals surface area contributed by atoms with Crippen LogP contribution in [0.4, 0.5) is 13.2 Å². The van der Waals surface area contributed by atoms with Crippen molar-refractivity contribution in [3.05, 3.63) is 52.8 Å². The number of thiocarbonyl (C=S) groups is 1. The Labute approximate surface area is 128 Å². The second-order valence-electron chi connectivity index (χ2n) is 4.01. The zero-order valence-electron chi connectivity index (χ0n) is 10.3. The van der Waals surface area contributed by atoms with Gasteiger partial charge in [-0.2, -0.15) is 13.2 Å². The van der Waals surface area contributed by atoms with Gasteiger partial charge in [0.1, 0.15) is 16.5 Å². The summed E-state index contributed by atoms with van der Waals surface area (Å²) in [5.41, 5.74) is 4.09. The third kappa shape index (κ3) is 3.83. The first-order valence-corrected chi connectivity index (χ1v) is 6.35. The van der Waals surface area contributed by atoms with Crippen LogP contribution in [0.15, 0.2) is 36.7 Å². The van der Waals surface area contributed by atoms with Crippen LogP contribution in [0.25, 0.3) is 0 Å². The van der Waals surface area contributed by atoms with Gasteiger partial charge in [0.05, 0.1) is 16.8 Å². The Morgan fingerprint density at radius 3 is 2.48 bits per heavy atom. The van der Waals surface area contributed by atoms with E-state index >= 15 is 0 Å². The molecule has 1 aromatic carbocycles. The largest absolute Gasteiger partial charge is 0.456 e. The average molecular weight is 333 g/mol. The smallest absolute Gasteiger partial charge is 0.417 e. The predicted molar refractivity (Wildman–Crippen MR) is 76.7 cm³/mol. The Kier molecular flexibility index (Phi) is 4.34. The van der Waals surface area contributed by atoms with Crippen LogP contribution >= 0.6 is 23.8 Å². The molecule has 0 radical (unpaired) electrons. The standard InChI is InChI=1S/C13H8ClF3N2OS/c14-7-3-9(6-19-5-7)20-8-1-2-10(12(18)21)11(4-8)13(15,16)17/h1-6H,(H2,18,21). The summed E-state index contributed by atoms with van der Waals surface area (Å²) in [5.74, 6) is 0.199. The number of aromatic nitrogens is 1. The lowest BCUT2D eigenvalue weighted by Gasteiger charge is -2.14. The molecule has 1 aromatic heterocycles. The van der Waals surface area contributed by atoms with E-state index in [1.54, 1.807) is 0 Å². The summed E-state index contributed by atoms with van der Waals surface area (Å²) in [7, 11) is 0. The first-order chi connectivity index (χ1) is 9.77. The third-order valence-corrected chi connectivity index (χ3v) is 2.90. The van der Waals surface area contributed by atoms with Gasteiger partial charge in [-0.3, -0.25) is 4.98 Å². The quantitative estimate of drug-likeness (QED) is 0.857. The van der Waals surface area contributed by atoms with E-state index in [-0.39, 0.29) is 22.1 Å². The minimum absolute atomic E-state index is 0.0219. The van der Waals surface area contributed by atoms with Crippen LogP contribution in [0.1, 0.15) is 11.1 Å². The summed E-state index contributed by atoms with van der Waals surface area (Å²) in [6, 6.07) is 4.77. The zero-order valence-corrected chi connectivity index (χ0v) is 11.9. The predicted octanol–water partition coefficient (Wildman–Crippen LogP) is 4.18. The second kappa shape index (κ2) is 5.87. The van der Waals surface area contributed by atoms with Gasteiger partial charge in [-0.1, -0.05) is 23.8 Å². The van der Waals surface area contributed by atoms with Crippen molar-refractivity contribution in [3.8, 4) is 11.5 Å². The van der Waals surface area contributed by atoms with Gasteiger partial charge in [0.2, 0.25) is 0 Å². The van der Waals surface area contributed by atoms with Crippen LogP contribution in [0, 0.1) is 0 Å². The fourth-order valence-corrected chi connectivity index (χ4v) is 1.96. The maximum absolute atomic E-state index is 13.0. The Morgan fingerprint density at radius 2 is 1.90 bits per heavy atom. The maximum Gasteiger partial charge on any atom is 0.417 e. The normalized spacial score (nSPS) is 11.2. The van der Waals surface area contributed by atoms with Gasteiger partial charge in [-0.25, -0.2) is 0 Å². The Bertz CT molecular complexity index is 691. The number of nitrogens with zero attached hydrogens (tertiary/aromatic N) is 1. The van der Waals surface area contributed by atoms with Gasteiger partial charge in [-0.05, 0) is 18.2 Å². The summed E-state index contributed by atoms with van der Waals surface area (Å²) in [4.78, 5) is 3.44. The van der Waals surface area contributed by atoms with Crippen LogP contribution in [0.2, 0.25) is 5.02 Å². The molecule has 2 rings (SSSR count). The topological polar surface area (TPSA) is 48.1 Å². The number of pyridine rings is 1. The molecule has 0 aliphatic heterocycles. The molecule has 0 amide bonds. The van der Waals surface area contributed by atoms with E-state index < -0.39 is 11.7 Å². The minimum atomic E-state index is -4.59. The first kappa shape index (κ1) is 15.5. The van der Waals surface area contributed by atoms with E-state index in [9.17, 15) is 13.2 Å². The first-order valence-electron chi connectivity index (χ1n) is 5.57. The van der Waals surface area contributed by atoms with Crippen LogP contribution in [-0.4, -0.2) is 9.97 Å². The van der Waals surface area contributed by atoms with Gasteiger partial charge in [0.25, 0.3) is 0 Å². The molecular formula is C13H8ClF3N2OS. The van der Waals surface area contributed by atoms with Gasteiger partial charge >= 0.3 is 6.18 Å². The monoisotopic (exact) mass is 332 g/mol. The third-order valence-electron chi connectivity index (χ3n) is 2.48. The molecule has 2 aromatic rings. The highest BCUT2D eigenvalue weighted by Crippen LogP contribution is 2.35. The summed E-state index contributed by atoms with van der Waals surface area (Å²) in [5, 5.41) is 0.309. The molecule has 110 valence electrons. The summed E-state index contributed by atoms with van der Waals surface area (Å²) in [6.45, 7) is 0. The number of ether oxygens (including phenoxy) is 1. The Morgan fingerprint density at radius 1 is 1.19 bits per heavy atom. The van der Waals surface area contributed by atoms with E-state index in [1.807, 2.05) is 0 Å². The summed E-state index contributed by atoms with van der Waals surface area (Å²) < 4.78 is 44.3. The second-order valence-corrected chi connectivity index (χ2v) is 4.89. The lowest BCUT2D eigenvalue weighted by atomic mass is 10.1. The number of benzene rings is 1. The maximum atomic E-state index is 13.0. The molecule has 3 nitrogen and oxygen atoms in total. The highest BCUT2D eigenvalue weighted by Gasteiger charge is 2.34. The molecule has 0 spiro atoms. The molecule has 0 unspecified atom stereocenters. The molecule has 0 aliphatic rings. The molecule has 21 heavy (non-hydrogen) atoms. The Balaban J connectivity index is 2.40. The fourth-order valence-electron chi connectivity index (χ4n) is 1.62. The molecule has 8 heteroatoms. The Hall–Kier alpha value is -1.86. The molecule has 0 bridgehead atoms. The summed E-state index contributed by atoms with van der Waals surface area (Å²) >= 11 is 10.3. The number of nitrogens with two attached hydrogens (primary N) is 1. The van der Waals surface area contributed by atoms with E-state index in [0.717, 1.165) is 6.07 Å². The van der Waals surface area contributed by atoms with Crippen molar-refractivity contribution >= 4 is 28.8 Å². The van der Waals surface area contributed by atoms with Gasteiger partial charge < -0.3 is 10.5 Å². The van der Waals surface area contributed by atoms with Crippen LogP contribution in [0.5, 0.6) is 11.5 Å². The van der Waals surface area contributed by atoms with E-state index in [1.165, 1.54) is 30.6 Å². The zero-order chi connectivity index (χ0) is 15.6. The van der Waals surface area contributed by atoms with Crippen LogP contribution in [-0.2, 0) is 6.18 Å². The highest BCUT2D eigenvalue weighted by molar-refractivity contribution is 7.80. The van der Waals surface area contributed by atoms with E-state index in [4.69, 9.17) is 22.1 Å². The van der Waals surface area contributed by atoms with Gasteiger partial charge in [-0.15, -0.1) is 0 Å². The molecule has 0 saturated heterocycles. The lowest BCUT2D eigenvalue weighted by Crippen LogP contribution is -2.17. The van der Waals surface area contributed by atoms with Crippen LogP contribution < -0.4 is 10.5 Å². The van der Waals surface area contributed by atoms with Crippen molar-refractivity contribution in [1.29, 1.82) is 0 Å². The lowest BCUT2D eigenvalue weighted by molar-refractivity contribution is -0.137. The van der Waals surface area contributed by atoms with Crippen molar-refractivity contribution in [2.75, 3.05) is 0 Å². The molecule has 2 N–H and O–H groups in total. The van der Waals surface area contributed by atoms with Crippen molar-refractivity contribution in [3.63, 3.8) is 0 Å². The van der Waals surface area contributed by atoms with E-state index in [2.05, 4.69) is 17.2 Å². The molecular weight excluding hydrogens is 325 g/mol. The number of alkyl halides is 3. The molecule has 0 atom stereocenters. The molecule has 1 heterocycles. The average Bonchev–Trinajstić information content (AvgIpc) is 2.37. The van der Waals surface area contributed by atoms with Crippen molar-refractivity contribution in [2.45, 2.75) is 6.18 Å². The summed E-state index contributed by atoms with van der Waals surface area (Å²) in [6.07, 6.45) is -1.88. The fraction of sp³-hybridized carbons (Fsp3) is 0.0769. The van der Waals surface area contributed by atoms with Crippen molar-refractivity contribution in [2.24, 2.45) is 5.73 Å². The number of hydrogen-bond donors (Lipinski definition) is 1. The number of hydrogen-bond acceptors (Lipinski definition) is 3. The minimum Gasteiger partial charge on any atom is -0.456 e. The van der Waals surface area contributed by atoms with Gasteiger partial charge in [0, 0.05) is 17.8 Å². The van der Waals surface area contributed by atoms with Crippen LogP contribution in [0.3, 0.4) is 0 Å². The highest BCUT2D eigenvalue weighted by atomic mass is 35.5. The molecule has 0 fully saturated rings. The van der Waals surface area contributed by atoms with Crippen molar-refractivity contribution in [1.82, 2.24) is 4.98 Å². The van der Waals surface area contributed by atoms with Crippen molar-refractivity contribution < 1.29 is 17.9 Å². The van der Waals surface area contributed by atoms with Gasteiger partial charge in [0.15, 0.2) is 0 Å². The van der Waals surface area contributed by atoms with E-state index in [0.29, 0.717) is 5.02 Å². The number of halogens is 4. The number of rotatable bonds is 3. The molecule has 0 saturated carbocycles. The SMILES string of the molecule is NC(=S)c1ccc(Oc2cncc(Cl)c2)cc1C(F)(F)F. The molecule has 0 aliphatic carbocycles.